The van der Waals surface area contributed by atoms with Crippen LogP contribution in [-0.4, -0.2) is 41.3 Å². The van der Waals surface area contributed by atoms with Crippen LogP contribution in [-0.2, 0) is 11.3 Å². The van der Waals surface area contributed by atoms with Crippen LogP contribution < -0.4 is 16.8 Å². The molecule has 170 valence electrons. The number of nitrogens with zero attached hydrogens (tertiary/aromatic N) is 3. The molecule has 1 aliphatic carbocycles. The van der Waals surface area contributed by atoms with Crippen molar-refractivity contribution in [2.24, 2.45) is 10.7 Å². The smallest absolute Gasteiger partial charge is 0.255 e. The Balaban J connectivity index is 1.46. The molecule has 5 N–H and O–H groups in total. The van der Waals surface area contributed by atoms with Gasteiger partial charge < -0.3 is 21.5 Å². The first-order chi connectivity index (χ1) is 16.1. The number of carbonyl (C=O) groups is 1. The van der Waals surface area contributed by atoms with Crippen molar-refractivity contribution in [3.8, 4) is 0 Å². The topological polar surface area (TPSA) is 129 Å². The number of benzene rings is 1. The van der Waals surface area contributed by atoms with Crippen molar-refractivity contribution in [3.05, 3.63) is 71.7 Å². The minimum absolute atomic E-state index is 0.0861. The van der Waals surface area contributed by atoms with E-state index in [1.807, 2.05) is 30.3 Å². The maximum absolute atomic E-state index is 13.1. The second kappa shape index (κ2) is 10.2. The highest BCUT2D eigenvalue weighted by Gasteiger charge is 2.30. The maximum atomic E-state index is 13.1. The molecular weight excluding hydrogens is 416 g/mol. The van der Waals surface area contributed by atoms with Gasteiger partial charge in [-0.25, -0.2) is 4.98 Å². The van der Waals surface area contributed by atoms with Crippen molar-refractivity contribution < 1.29 is 9.53 Å². The van der Waals surface area contributed by atoms with Gasteiger partial charge in [0.2, 0.25) is 0 Å². The summed E-state index contributed by atoms with van der Waals surface area (Å²) >= 11 is 0. The number of ether oxygens (including phenoxy) is 1. The molecule has 8 nitrogen and oxygen atoms in total. The van der Waals surface area contributed by atoms with Crippen molar-refractivity contribution in [1.29, 1.82) is 0 Å². The number of amides is 1. The Morgan fingerprint density at radius 1 is 1.27 bits per heavy atom. The van der Waals surface area contributed by atoms with E-state index < -0.39 is 0 Å². The standard InChI is InChI=1S/C25H28N6O2/c1-28-13-19(12-26)18-11-20(24(27)30-14-18)25(32)31-21-8-3-9-22(21)33-15-17-6-2-5-16-7-4-10-29-23(16)17/h2,4-7,10-14,21-22H,3,8-9,15,26H2,1H3,(H2,27,30)(H,31,32)/b19-12+,28-13?/t21-,22-/m0/s1. The summed E-state index contributed by atoms with van der Waals surface area (Å²) in [6.07, 6.45) is 9.00. The number of anilines is 1. The Morgan fingerprint density at radius 2 is 2.12 bits per heavy atom. The number of para-hydroxylation sites is 1. The van der Waals surface area contributed by atoms with Crippen molar-refractivity contribution in [2.75, 3.05) is 12.8 Å². The molecule has 1 saturated carbocycles. The van der Waals surface area contributed by atoms with Gasteiger partial charge in [0.25, 0.3) is 5.91 Å². The molecule has 0 bridgehead atoms. The van der Waals surface area contributed by atoms with Gasteiger partial charge in [-0.1, -0.05) is 24.3 Å². The van der Waals surface area contributed by atoms with E-state index in [-0.39, 0.29) is 23.9 Å². The van der Waals surface area contributed by atoms with Crippen LogP contribution >= 0.6 is 0 Å². The Kier molecular flexibility index (Phi) is 6.95. The number of allylic oxidation sites excluding steroid dienone is 1. The van der Waals surface area contributed by atoms with Crippen molar-refractivity contribution in [3.63, 3.8) is 0 Å². The average Bonchev–Trinajstić information content (AvgIpc) is 3.28. The number of aliphatic imine (C=N–C) groups is 1. The number of hydrogen-bond acceptors (Lipinski definition) is 7. The van der Waals surface area contributed by atoms with Gasteiger partial charge in [0.05, 0.1) is 29.8 Å². The lowest BCUT2D eigenvalue weighted by atomic mass is 10.1. The first-order valence-electron chi connectivity index (χ1n) is 11.0. The van der Waals surface area contributed by atoms with Gasteiger partial charge in [-0.05, 0) is 31.4 Å². The Labute approximate surface area is 192 Å². The Morgan fingerprint density at radius 3 is 2.94 bits per heavy atom. The van der Waals surface area contributed by atoms with Gasteiger partial charge in [0.1, 0.15) is 5.82 Å². The average molecular weight is 445 g/mol. The van der Waals surface area contributed by atoms with E-state index in [9.17, 15) is 4.79 Å². The molecule has 4 rings (SSSR count). The van der Waals surface area contributed by atoms with E-state index in [1.165, 1.54) is 6.20 Å². The monoisotopic (exact) mass is 444 g/mol. The van der Waals surface area contributed by atoms with Crippen LogP contribution in [0.5, 0.6) is 0 Å². The molecule has 2 heterocycles. The molecule has 8 heteroatoms. The van der Waals surface area contributed by atoms with Crippen LogP contribution in [0.4, 0.5) is 5.82 Å². The van der Waals surface area contributed by atoms with E-state index in [1.54, 1.807) is 31.7 Å². The van der Waals surface area contributed by atoms with Crippen LogP contribution in [0.15, 0.2) is 60.0 Å². The number of nitrogen functional groups attached to an aromatic ring is 1. The number of rotatable bonds is 7. The third kappa shape index (κ3) is 5.01. The van der Waals surface area contributed by atoms with Crippen LogP contribution in [0.3, 0.4) is 0 Å². The summed E-state index contributed by atoms with van der Waals surface area (Å²) in [4.78, 5) is 25.7. The molecule has 0 spiro atoms. The zero-order valence-electron chi connectivity index (χ0n) is 18.6. The highest BCUT2D eigenvalue weighted by Crippen LogP contribution is 2.26. The molecule has 1 aromatic carbocycles. The molecule has 0 aliphatic heterocycles. The molecule has 2 atom stereocenters. The third-order valence-electron chi connectivity index (χ3n) is 5.88. The fourth-order valence-electron chi connectivity index (χ4n) is 4.19. The van der Waals surface area contributed by atoms with Gasteiger partial charge in [0.15, 0.2) is 0 Å². The number of nitrogens with one attached hydrogen (secondary N) is 1. The summed E-state index contributed by atoms with van der Waals surface area (Å²) in [6.45, 7) is 0.436. The van der Waals surface area contributed by atoms with E-state index in [4.69, 9.17) is 16.2 Å². The van der Waals surface area contributed by atoms with Gasteiger partial charge in [-0.3, -0.25) is 14.8 Å². The lowest BCUT2D eigenvalue weighted by Crippen LogP contribution is -2.41. The molecule has 33 heavy (non-hydrogen) atoms. The van der Waals surface area contributed by atoms with Crippen LogP contribution in [0.2, 0.25) is 0 Å². The maximum Gasteiger partial charge on any atom is 0.255 e. The number of nitrogens with two attached hydrogens (primary N) is 2. The number of aromatic nitrogens is 2. The van der Waals surface area contributed by atoms with Crippen molar-refractivity contribution in [2.45, 2.75) is 38.0 Å². The fraction of sp³-hybridized carbons (Fsp3) is 0.280. The molecule has 1 amide bonds. The highest BCUT2D eigenvalue weighted by atomic mass is 16.5. The van der Waals surface area contributed by atoms with Gasteiger partial charge in [-0.15, -0.1) is 0 Å². The van der Waals surface area contributed by atoms with Gasteiger partial charge in [-0.2, -0.15) is 0 Å². The zero-order valence-corrected chi connectivity index (χ0v) is 18.6. The van der Waals surface area contributed by atoms with E-state index >= 15 is 0 Å². The third-order valence-corrected chi connectivity index (χ3v) is 5.88. The van der Waals surface area contributed by atoms with E-state index in [0.29, 0.717) is 23.3 Å². The van der Waals surface area contributed by atoms with Crippen LogP contribution in [0.25, 0.3) is 16.5 Å². The first kappa shape index (κ1) is 22.4. The summed E-state index contributed by atoms with van der Waals surface area (Å²) in [5.41, 5.74) is 15.3. The van der Waals surface area contributed by atoms with Crippen molar-refractivity contribution in [1.82, 2.24) is 15.3 Å². The van der Waals surface area contributed by atoms with Gasteiger partial charge in [0, 0.05) is 53.9 Å². The molecule has 2 aromatic heterocycles. The molecule has 0 saturated heterocycles. The molecule has 1 aliphatic rings. The lowest BCUT2D eigenvalue weighted by molar-refractivity contribution is 0.0277. The minimum atomic E-state index is -0.279. The summed E-state index contributed by atoms with van der Waals surface area (Å²) in [5.74, 6) is -0.114. The minimum Gasteiger partial charge on any atom is -0.404 e. The Hall–Kier alpha value is -3.78. The summed E-state index contributed by atoms with van der Waals surface area (Å²) in [7, 11) is 1.65. The summed E-state index contributed by atoms with van der Waals surface area (Å²) < 4.78 is 6.24. The summed E-state index contributed by atoms with van der Waals surface area (Å²) in [5, 5.41) is 4.17. The van der Waals surface area contributed by atoms with Crippen LogP contribution in [0.1, 0.15) is 40.7 Å². The van der Waals surface area contributed by atoms with E-state index in [0.717, 1.165) is 35.7 Å². The molecule has 0 unspecified atom stereocenters. The molecule has 0 radical (unpaired) electrons. The number of fused-ring (bicyclic) bond motifs is 1. The molecule has 1 fully saturated rings. The molecular formula is C25H28N6O2. The summed E-state index contributed by atoms with van der Waals surface area (Å²) in [6, 6.07) is 11.6. The lowest BCUT2D eigenvalue weighted by Gasteiger charge is -2.22. The largest absolute Gasteiger partial charge is 0.404 e. The quantitative estimate of drug-likeness (QED) is 0.480. The zero-order chi connectivity index (χ0) is 23.2. The SMILES string of the molecule is CN=C/C(=C\N)c1cnc(N)c(C(=O)N[C@H]2CCC[C@@H]2OCc2cccc3cccnc23)c1. The predicted octanol–water partition coefficient (Wildman–Crippen LogP) is 3.08. The normalized spacial score (nSPS) is 18.8. The second-order valence-corrected chi connectivity index (χ2v) is 8.02. The Bertz CT molecular complexity index is 1200. The number of carbonyl (C=O) groups excluding carboxylic acids is 1. The number of pyridine rings is 2. The highest BCUT2D eigenvalue weighted by molar-refractivity contribution is 6.10. The van der Waals surface area contributed by atoms with Crippen molar-refractivity contribution >= 4 is 34.4 Å². The fourth-order valence-corrected chi connectivity index (χ4v) is 4.19. The predicted molar refractivity (Wildman–Crippen MR) is 131 cm³/mol. The van der Waals surface area contributed by atoms with E-state index in [2.05, 4.69) is 20.3 Å². The van der Waals surface area contributed by atoms with Crippen LogP contribution in [0, 0.1) is 0 Å². The molecule has 3 aromatic rings. The van der Waals surface area contributed by atoms with Gasteiger partial charge >= 0.3 is 0 Å². The number of hydrogen-bond donors (Lipinski definition) is 3. The second-order valence-electron chi connectivity index (χ2n) is 8.02. The first-order valence-corrected chi connectivity index (χ1v) is 11.0.